The lowest BCUT2D eigenvalue weighted by Crippen LogP contribution is -2.44. The zero-order valence-electron chi connectivity index (χ0n) is 21.9. The van der Waals surface area contributed by atoms with Crippen LogP contribution in [0.4, 0.5) is 10.2 Å². The highest BCUT2D eigenvalue weighted by atomic mass is 31.2. The number of hydrogen-bond acceptors (Lipinski definition) is 10. The molecule has 0 bridgehead atoms. The fourth-order valence-corrected chi connectivity index (χ4v) is 5.99. The molecule has 0 spiro atoms. The van der Waals surface area contributed by atoms with Crippen LogP contribution >= 0.6 is 7.75 Å². The van der Waals surface area contributed by atoms with E-state index in [1.54, 1.807) is 48.5 Å². The highest BCUT2D eigenvalue weighted by Gasteiger charge is 2.50. The number of rotatable bonds is 11. The first-order valence-corrected chi connectivity index (χ1v) is 14.2. The van der Waals surface area contributed by atoms with Gasteiger partial charge in [-0.05, 0) is 24.1 Å². The topological polar surface area (TPSA) is 184 Å². The van der Waals surface area contributed by atoms with Crippen molar-refractivity contribution in [3.05, 3.63) is 78.6 Å². The fourth-order valence-electron chi connectivity index (χ4n) is 4.46. The maximum atomic E-state index is 14.1. The number of hydrogen-bond donors (Lipinski definition) is 4. The molecule has 0 radical (unpaired) electrons. The molecule has 5 atom stereocenters. The number of aliphatic carboxylic acids is 1. The predicted molar refractivity (Wildman–Crippen MR) is 147 cm³/mol. The van der Waals surface area contributed by atoms with Crippen molar-refractivity contribution in [2.45, 2.75) is 36.8 Å². The average Bonchev–Trinajstić information content (AvgIpc) is 3.54. The molecule has 5 rings (SSSR count). The van der Waals surface area contributed by atoms with E-state index in [1.165, 1.54) is 23.0 Å². The van der Waals surface area contributed by atoms with E-state index < -0.39 is 50.4 Å². The number of nitrogens with one attached hydrogen (secondary N) is 1. The summed E-state index contributed by atoms with van der Waals surface area (Å²) in [5.74, 6) is 0.998. The number of nitrogens with zero attached hydrogens (tertiary/aromatic N) is 4. The molecule has 0 amide bonds. The third kappa shape index (κ3) is 6.11. The lowest BCUT2D eigenvalue weighted by atomic mass is 9.99. The molecule has 1 saturated heterocycles. The molecule has 1 aliphatic rings. The summed E-state index contributed by atoms with van der Waals surface area (Å²) in [7, 11) is -4.48. The molecule has 1 unspecified atom stereocenters. The molecule has 42 heavy (non-hydrogen) atoms. The van der Waals surface area contributed by atoms with Gasteiger partial charge in [-0.25, -0.2) is 9.55 Å². The van der Waals surface area contributed by atoms with Gasteiger partial charge in [0, 0.05) is 6.42 Å². The highest BCUT2D eigenvalue weighted by molar-refractivity contribution is 7.52. The summed E-state index contributed by atoms with van der Waals surface area (Å²) >= 11 is 0. The normalized spacial score (nSPS) is 22.3. The van der Waals surface area contributed by atoms with Crippen molar-refractivity contribution in [3.63, 3.8) is 0 Å². The number of para-hydroxylation sites is 1. The van der Waals surface area contributed by atoms with E-state index in [0.29, 0.717) is 5.56 Å². The summed E-state index contributed by atoms with van der Waals surface area (Å²) in [4.78, 5) is 23.4. The minimum atomic E-state index is -4.48. The minimum absolute atomic E-state index is 0.0101. The molecule has 15 heteroatoms. The van der Waals surface area contributed by atoms with Crippen molar-refractivity contribution in [1.29, 1.82) is 0 Å². The first-order valence-electron chi connectivity index (χ1n) is 12.6. The molecule has 218 valence electrons. The Morgan fingerprint density at radius 3 is 2.62 bits per heavy atom. The first kappa shape index (κ1) is 29.1. The number of nitrogens with two attached hydrogens (primary N) is 1. The van der Waals surface area contributed by atoms with Gasteiger partial charge in [0.2, 0.25) is 0 Å². The Hall–Kier alpha value is -4.38. The zero-order valence-corrected chi connectivity index (χ0v) is 22.8. The molecule has 1 fully saturated rings. The molecular formula is C27H26FN6O7P. The van der Waals surface area contributed by atoms with Crippen molar-refractivity contribution < 1.29 is 37.7 Å². The van der Waals surface area contributed by atoms with Gasteiger partial charge in [-0.1, -0.05) is 54.5 Å². The average molecular weight is 597 g/mol. The van der Waals surface area contributed by atoms with Crippen molar-refractivity contribution in [3.8, 4) is 18.1 Å². The SMILES string of the molecule is C#C[C@]1(CO[P@@](=O)(NC(Cc2ccccc2)C(=O)O)Oc2ccccc2)O[C@@H](n2cnc3c(N)nc(F)nc32)C[C@@H]1O. The molecule has 0 saturated carbocycles. The molecule has 1 aliphatic heterocycles. The van der Waals surface area contributed by atoms with E-state index in [9.17, 15) is 24.0 Å². The Kier molecular flexibility index (Phi) is 8.22. The van der Waals surface area contributed by atoms with E-state index in [4.69, 9.17) is 25.9 Å². The van der Waals surface area contributed by atoms with Gasteiger partial charge < -0.3 is 25.2 Å². The third-order valence-corrected chi connectivity index (χ3v) is 8.15. The minimum Gasteiger partial charge on any atom is -0.480 e. The summed E-state index contributed by atoms with van der Waals surface area (Å²) in [5, 5.41) is 23.4. The second-order valence-electron chi connectivity index (χ2n) is 9.44. The summed E-state index contributed by atoms with van der Waals surface area (Å²) < 4.78 is 46.6. The Bertz CT molecular complexity index is 1670. The molecule has 4 aromatic rings. The van der Waals surface area contributed by atoms with Crippen LogP contribution in [0.1, 0.15) is 18.2 Å². The van der Waals surface area contributed by atoms with Crippen LogP contribution in [0.5, 0.6) is 5.75 Å². The van der Waals surface area contributed by atoms with Crippen LogP contribution in [0, 0.1) is 18.4 Å². The quantitative estimate of drug-likeness (QED) is 0.113. The maximum Gasteiger partial charge on any atom is 0.459 e. The van der Waals surface area contributed by atoms with Crippen molar-refractivity contribution in [1.82, 2.24) is 24.6 Å². The number of imidazole rings is 1. The van der Waals surface area contributed by atoms with Crippen molar-refractivity contribution in [2.24, 2.45) is 0 Å². The molecule has 13 nitrogen and oxygen atoms in total. The summed E-state index contributed by atoms with van der Waals surface area (Å²) in [6, 6.07) is 15.3. The van der Waals surface area contributed by atoms with Crippen LogP contribution in [0.15, 0.2) is 67.0 Å². The number of aliphatic hydroxyl groups is 1. The number of halogens is 1. The Morgan fingerprint density at radius 2 is 1.95 bits per heavy atom. The largest absolute Gasteiger partial charge is 0.480 e. The van der Waals surface area contributed by atoms with Crippen LogP contribution in [0.2, 0.25) is 0 Å². The van der Waals surface area contributed by atoms with Gasteiger partial charge in [0.1, 0.15) is 30.7 Å². The van der Waals surface area contributed by atoms with Crippen molar-refractivity contribution in [2.75, 3.05) is 12.3 Å². The number of nitrogen functional groups attached to an aromatic ring is 1. The first-order chi connectivity index (χ1) is 20.1. The molecule has 5 N–H and O–H groups in total. The lowest BCUT2D eigenvalue weighted by Gasteiger charge is -2.30. The van der Waals surface area contributed by atoms with Crippen LogP contribution in [-0.4, -0.2) is 60.1 Å². The third-order valence-electron chi connectivity index (χ3n) is 6.60. The smallest absolute Gasteiger partial charge is 0.459 e. The van der Waals surface area contributed by atoms with Gasteiger partial charge in [0.25, 0.3) is 0 Å². The molecule has 3 heterocycles. The number of carboxylic acids is 1. The monoisotopic (exact) mass is 596 g/mol. The van der Waals surface area contributed by atoms with Crippen molar-refractivity contribution >= 4 is 30.7 Å². The van der Waals surface area contributed by atoms with Crippen LogP contribution in [-0.2, 0) is 25.0 Å². The van der Waals surface area contributed by atoms with Gasteiger partial charge in [0.15, 0.2) is 22.6 Å². The molecule has 0 aliphatic carbocycles. The predicted octanol–water partition coefficient (Wildman–Crippen LogP) is 2.69. The zero-order chi connectivity index (χ0) is 29.9. The maximum absolute atomic E-state index is 14.1. The van der Waals surface area contributed by atoms with E-state index in [2.05, 4.69) is 26.0 Å². The van der Waals surface area contributed by atoms with E-state index >= 15 is 0 Å². The van der Waals surface area contributed by atoms with Gasteiger partial charge in [-0.3, -0.25) is 13.9 Å². The summed E-state index contributed by atoms with van der Waals surface area (Å²) in [6.07, 6.45) is 3.48. The fraction of sp³-hybridized carbons (Fsp3) is 0.259. The van der Waals surface area contributed by atoms with Crippen LogP contribution in [0.3, 0.4) is 0 Å². The summed E-state index contributed by atoms with van der Waals surface area (Å²) in [5.41, 5.74) is 4.66. The molecule has 2 aromatic heterocycles. The van der Waals surface area contributed by atoms with Crippen LogP contribution < -0.4 is 15.3 Å². The number of aromatic nitrogens is 4. The van der Waals surface area contributed by atoms with Crippen LogP contribution in [0.25, 0.3) is 11.2 Å². The number of carbonyl (C=O) groups is 1. The Balaban J connectivity index is 1.40. The molecular weight excluding hydrogens is 570 g/mol. The standard InChI is InChI=1S/C27H26FN6O7P/c1-2-27(20(35)14-21(40-27)34-16-30-22-23(29)31-26(28)32-24(22)34)15-39-42(38,41-18-11-7-4-8-12-18)33-19(25(36)37)13-17-9-5-3-6-10-17/h1,3-12,16,19-21,35H,13-15H2,(H,33,38)(H,36,37)(H2,29,31,32)/t19?,20-,21+,27+,42-/m0/s1. The molecule has 2 aromatic carbocycles. The van der Waals surface area contributed by atoms with Gasteiger partial charge in [-0.15, -0.1) is 6.42 Å². The van der Waals surface area contributed by atoms with E-state index in [0.717, 1.165) is 0 Å². The second-order valence-corrected chi connectivity index (χ2v) is 11.1. The summed E-state index contributed by atoms with van der Waals surface area (Å²) in [6.45, 7) is -0.673. The van der Waals surface area contributed by atoms with E-state index in [1.807, 2.05) is 0 Å². The number of aliphatic hydroxyl groups excluding tert-OH is 1. The van der Waals surface area contributed by atoms with Gasteiger partial charge >= 0.3 is 19.8 Å². The second kappa shape index (κ2) is 11.8. The number of anilines is 1. The Morgan fingerprint density at radius 1 is 1.26 bits per heavy atom. The Labute approximate surface area is 239 Å². The number of terminal acetylenes is 1. The number of carboxylic acid groups (broad SMARTS) is 1. The van der Waals surface area contributed by atoms with E-state index in [-0.39, 0.29) is 35.6 Å². The number of ether oxygens (including phenoxy) is 1. The lowest BCUT2D eigenvalue weighted by molar-refractivity contribution is -0.139. The van der Waals surface area contributed by atoms with Gasteiger partial charge in [0.05, 0.1) is 6.33 Å². The number of fused-ring (bicyclic) bond motifs is 1. The number of benzene rings is 2. The highest BCUT2D eigenvalue weighted by Crippen LogP contribution is 2.48. The van der Waals surface area contributed by atoms with Gasteiger partial charge in [-0.2, -0.15) is 19.4 Å².